The molecule has 0 N–H and O–H groups in total. The van der Waals surface area contributed by atoms with Crippen LogP contribution in [0.25, 0.3) is 16.6 Å². The van der Waals surface area contributed by atoms with Crippen LogP contribution in [0, 0.1) is 0 Å². The molecule has 3 heteroatoms. The van der Waals surface area contributed by atoms with Crippen molar-refractivity contribution in [3.8, 4) is 11.4 Å². The van der Waals surface area contributed by atoms with Gasteiger partial charge in [-0.25, -0.2) is 0 Å². The molecule has 0 aliphatic heterocycles. The predicted octanol–water partition coefficient (Wildman–Crippen LogP) is 5.18. The highest BCUT2D eigenvalue weighted by molar-refractivity contribution is 9.10. The van der Waals surface area contributed by atoms with Crippen LogP contribution in [0.15, 0.2) is 59.2 Å². The van der Waals surface area contributed by atoms with Crippen molar-refractivity contribution in [2.24, 2.45) is 0 Å². The molecule has 3 rings (SSSR count). The summed E-state index contributed by atoms with van der Waals surface area (Å²) in [5.74, 6) is 0.906. The third-order valence-electron chi connectivity index (χ3n) is 3.14. The standard InChI is InChI=1S/C17H16BrNO/c1-12(2)20-16-6-4-15(5-7-16)19-10-9-13-11-14(18)3-8-17(13)19/h3-12H,1-2H3. The molecule has 0 aliphatic rings. The maximum Gasteiger partial charge on any atom is 0.119 e. The molecule has 102 valence electrons. The van der Waals surface area contributed by atoms with Gasteiger partial charge in [-0.2, -0.15) is 0 Å². The fraction of sp³-hybridized carbons (Fsp3) is 0.176. The smallest absolute Gasteiger partial charge is 0.119 e. The van der Waals surface area contributed by atoms with E-state index in [-0.39, 0.29) is 6.10 Å². The minimum Gasteiger partial charge on any atom is -0.491 e. The second-order valence-corrected chi connectivity index (χ2v) is 5.97. The first kappa shape index (κ1) is 13.3. The maximum atomic E-state index is 5.67. The monoisotopic (exact) mass is 329 g/mol. The fourth-order valence-corrected chi connectivity index (χ4v) is 2.67. The Bertz CT molecular complexity index is 728. The van der Waals surface area contributed by atoms with Crippen molar-refractivity contribution in [2.75, 3.05) is 0 Å². The summed E-state index contributed by atoms with van der Waals surface area (Å²) in [6, 6.07) is 16.6. The van der Waals surface area contributed by atoms with E-state index < -0.39 is 0 Å². The fourth-order valence-electron chi connectivity index (χ4n) is 2.30. The average molecular weight is 330 g/mol. The van der Waals surface area contributed by atoms with Crippen LogP contribution in [0.5, 0.6) is 5.75 Å². The summed E-state index contributed by atoms with van der Waals surface area (Å²) in [5, 5.41) is 1.22. The van der Waals surface area contributed by atoms with Crippen LogP contribution in [0.4, 0.5) is 0 Å². The molecule has 1 heterocycles. The Kier molecular flexibility index (Phi) is 3.53. The molecular weight excluding hydrogens is 314 g/mol. The topological polar surface area (TPSA) is 14.2 Å². The average Bonchev–Trinajstić information content (AvgIpc) is 2.82. The molecule has 0 spiro atoms. The van der Waals surface area contributed by atoms with E-state index in [2.05, 4.69) is 63.1 Å². The van der Waals surface area contributed by atoms with E-state index in [9.17, 15) is 0 Å². The van der Waals surface area contributed by atoms with E-state index in [4.69, 9.17) is 4.74 Å². The molecule has 2 nitrogen and oxygen atoms in total. The van der Waals surface area contributed by atoms with Gasteiger partial charge in [-0.3, -0.25) is 0 Å². The van der Waals surface area contributed by atoms with Crippen molar-refractivity contribution < 1.29 is 4.74 Å². The Morgan fingerprint density at radius 1 is 1.00 bits per heavy atom. The predicted molar refractivity (Wildman–Crippen MR) is 86.7 cm³/mol. The Hall–Kier alpha value is -1.74. The van der Waals surface area contributed by atoms with Gasteiger partial charge < -0.3 is 9.30 Å². The summed E-state index contributed by atoms with van der Waals surface area (Å²) >= 11 is 3.50. The van der Waals surface area contributed by atoms with Gasteiger partial charge in [0.05, 0.1) is 11.6 Å². The third kappa shape index (κ3) is 2.59. The lowest BCUT2D eigenvalue weighted by Crippen LogP contribution is -2.05. The number of aromatic nitrogens is 1. The van der Waals surface area contributed by atoms with Crippen LogP contribution in [0.2, 0.25) is 0 Å². The van der Waals surface area contributed by atoms with Gasteiger partial charge in [0.15, 0.2) is 0 Å². The SMILES string of the molecule is CC(C)Oc1ccc(-n2ccc3cc(Br)ccc32)cc1. The molecule has 0 amide bonds. The molecule has 1 aromatic heterocycles. The zero-order valence-corrected chi connectivity index (χ0v) is 13.1. The number of hydrogen-bond acceptors (Lipinski definition) is 1. The highest BCUT2D eigenvalue weighted by Gasteiger charge is 2.04. The molecular formula is C17H16BrNO. The zero-order chi connectivity index (χ0) is 14.1. The van der Waals surface area contributed by atoms with Crippen molar-refractivity contribution in [1.82, 2.24) is 4.57 Å². The number of benzene rings is 2. The Morgan fingerprint density at radius 2 is 1.75 bits per heavy atom. The molecule has 2 aromatic carbocycles. The Balaban J connectivity index is 1.98. The van der Waals surface area contributed by atoms with Gasteiger partial charge >= 0.3 is 0 Å². The lowest BCUT2D eigenvalue weighted by molar-refractivity contribution is 0.242. The van der Waals surface area contributed by atoms with E-state index in [1.54, 1.807) is 0 Å². The zero-order valence-electron chi connectivity index (χ0n) is 11.5. The second kappa shape index (κ2) is 5.33. The van der Waals surface area contributed by atoms with Crippen LogP contribution in [0.1, 0.15) is 13.8 Å². The van der Waals surface area contributed by atoms with Crippen LogP contribution in [0.3, 0.4) is 0 Å². The second-order valence-electron chi connectivity index (χ2n) is 5.05. The molecule has 0 radical (unpaired) electrons. The minimum atomic E-state index is 0.200. The number of nitrogens with zero attached hydrogens (tertiary/aromatic N) is 1. The number of ether oxygens (including phenoxy) is 1. The summed E-state index contributed by atoms with van der Waals surface area (Å²) in [6.07, 6.45) is 2.29. The maximum absolute atomic E-state index is 5.67. The van der Waals surface area contributed by atoms with Gasteiger partial charge in [0.2, 0.25) is 0 Å². The normalized spacial score (nSPS) is 11.2. The third-order valence-corrected chi connectivity index (χ3v) is 3.63. The molecule has 0 saturated heterocycles. The van der Waals surface area contributed by atoms with Crippen LogP contribution < -0.4 is 4.74 Å². The first-order chi connectivity index (χ1) is 9.63. The molecule has 20 heavy (non-hydrogen) atoms. The quantitative estimate of drug-likeness (QED) is 0.645. The number of halogens is 1. The van der Waals surface area contributed by atoms with Crippen molar-refractivity contribution in [2.45, 2.75) is 20.0 Å². The summed E-state index contributed by atoms with van der Waals surface area (Å²) < 4.78 is 8.96. The van der Waals surface area contributed by atoms with Crippen molar-refractivity contribution in [3.63, 3.8) is 0 Å². The van der Waals surface area contributed by atoms with Crippen molar-refractivity contribution in [1.29, 1.82) is 0 Å². The Morgan fingerprint density at radius 3 is 2.45 bits per heavy atom. The molecule has 0 fully saturated rings. The number of hydrogen-bond donors (Lipinski definition) is 0. The largest absolute Gasteiger partial charge is 0.491 e. The van der Waals surface area contributed by atoms with Crippen LogP contribution in [-0.2, 0) is 0 Å². The van der Waals surface area contributed by atoms with E-state index in [0.717, 1.165) is 15.9 Å². The number of fused-ring (bicyclic) bond motifs is 1. The van der Waals surface area contributed by atoms with Gasteiger partial charge in [-0.1, -0.05) is 15.9 Å². The van der Waals surface area contributed by atoms with Gasteiger partial charge in [0, 0.05) is 21.7 Å². The Labute approximate surface area is 127 Å². The van der Waals surface area contributed by atoms with Crippen LogP contribution >= 0.6 is 15.9 Å². The first-order valence-electron chi connectivity index (χ1n) is 6.67. The van der Waals surface area contributed by atoms with Crippen molar-refractivity contribution >= 4 is 26.8 Å². The molecule has 0 unspecified atom stereocenters. The van der Waals surface area contributed by atoms with Gasteiger partial charge in [0.1, 0.15) is 5.75 Å². The molecule has 0 atom stereocenters. The molecule has 0 bridgehead atoms. The summed E-state index contributed by atoms with van der Waals surface area (Å²) in [6.45, 7) is 4.07. The van der Waals surface area contributed by atoms with E-state index in [1.165, 1.54) is 10.9 Å². The lowest BCUT2D eigenvalue weighted by atomic mass is 10.2. The van der Waals surface area contributed by atoms with Gasteiger partial charge in [0.25, 0.3) is 0 Å². The summed E-state index contributed by atoms with van der Waals surface area (Å²) in [7, 11) is 0. The first-order valence-corrected chi connectivity index (χ1v) is 7.46. The number of rotatable bonds is 3. The molecule has 0 saturated carbocycles. The van der Waals surface area contributed by atoms with Crippen molar-refractivity contribution in [3.05, 3.63) is 59.2 Å². The lowest BCUT2D eigenvalue weighted by Gasteiger charge is -2.11. The highest BCUT2D eigenvalue weighted by Crippen LogP contribution is 2.25. The van der Waals surface area contributed by atoms with E-state index >= 15 is 0 Å². The molecule has 0 aliphatic carbocycles. The summed E-state index contributed by atoms with van der Waals surface area (Å²) in [5.41, 5.74) is 2.34. The summed E-state index contributed by atoms with van der Waals surface area (Å²) in [4.78, 5) is 0. The van der Waals surface area contributed by atoms with Gasteiger partial charge in [-0.05, 0) is 62.4 Å². The van der Waals surface area contributed by atoms with E-state index in [0.29, 0.717) is 0 Å². The molecule has 3 aromatic rings. The highest BCUT2D eigenvalue weighted by atomic mass is 79.9. The van der Waals surface area contributed by atoms with Gasteiger partial charge in [-0.15, -0.1) is 0 Å². The van der Waals surface area contributed by atoms with Crippen LogP contribution in [-0.4, -0.2) is 10.7 Å². The minimum absolute atomic E-state index is 0.200. The van der Waals surface area contributed by atoms with E-state index in [1.807, 2.05) is 26.0 Å².